The van der Waals surface area contributed by atoms with E-state index in [-0.39, 0.29) is 5.91 Å². The average Bonchev–Trinajstić information content (AvgIpc) is 3.32. The summed E-state index contributed by atoms with van der Waals surface area (Å²) in [6.07, 6.45) is 0. The van der Waals surface area contributed by atoms with E-state index in [9.17, 15) is 14.0 Å². The van der Waals surface area contributed by atoms with Crippen molar-refractivity contribution in [1.82, 2.24) is 4.90 Å². The number of amides is 3. The number of carbonyl (C=O) groups excluding carboxylic acids is 2. The molecule has 2 aliphatic heterocycles. The molecule has 1 saturated heterocycles. The third kappa shape index (κ3) is 3.42. The second-order valence-corrected chi connectivity index (χ2v) is 9.35. The highest BCUT2D eigenvalue weighted by Gasteiger charge is 2.59. The number of carbonyl (C=O) groups is 2. The second-order valence-electron chi connectivity index (χ2n) is 7.62. The summed E-state index contributed by atoms with van der Waals surface area (Å²) in [4.78, 5) is 29.0. The molecule has 1 N–H and O–H groups in total. The molecule has 2 heterocycles. The standard InChI is InChI=1S/C24H19ClFN3O2S/c25-17-7-4-8-19(13-17)27-23(31)29-11-12-32-24(29)20-14-18(26)9-10-21(20)28(22(24)30)15-16-5-2-1-3-6-16/h1-10,13-14H,11-12,15H2,(H,27,31). The lowest BCUT2D eigenvalue weighted by Crippen LogP contribution is -2.51. The number of hydrogen-bond acceptors (Lipinski definition) is 3. The van der Waals surface area contributed by atoms with Crippen LogP contribution in [0.2, 0.25) is 5.02 Å². The first kappa shape index (κ1) is 20.8. The number of thioether (sulfide) groups is 1. The lowest BCUT2D eigenvalue weighted by atomic mass is 10.1. The van der Waals surface area contributed by atoms with E-state index in [1.807, 2.05) is 30.3 Å². The van der Waals surface area contributed by atoms with Crippen LogP contribution in [0.3, 0.4) is 0 Å². The predicted molar refractivity (Wildman–Crippen MR) is 125 cm³/mol. The maximum absolute atomic E-state index is 14.3. The number of rotatable bonds is 3. The van der Waals surface area contributed by atoms with Gasteiger partial charge in [0.25, 0.3) is 5.91 Å². The van der Waals surface area contributed by atoms with E-state index in [4.69, 9.17) is 11.6 Å². The van der Waals surface area contributed by atoms with Gasteiger partial charge >= 0.3 is 6.03 Å². The van der Waals surface area contributed by atoms with Crippen LogP contribution in [0, 0.1) is 5.82 Å². The number of benzene rings is 3. The van der Waals surface area contributed by atoms with Gasteiger partial charge in [-0.2, -0.15) is 0 Å². The summed E-state index contributed by atoms with van der Waals surface area (Å²) in [6, 6.07) is 20.3. The fourth-order valence-electron chi connectivity index (χ4n) is 4.27. The van der Waals surface area contributed by atoms with Gasteiger partial charge in [-0.15, -0.1) is 11.8 Å². The molecular formula is C24H19ClFN3O2S. The molecule has 3 amide bonds. The largest absolute Gasteiger partial charge is 0.323 e. The van der Waals surface area contributed by atoms with Crippen molar-refractivity contribution >= 4 is 46.7 Å². The van der Waals surface area contributed by atoms with Gasteiger partial charge in [0.15, 0.2) is 4.87 Å². The van der Waals surface area contributed by atoms with E-state index < -0.39 is 16.7 Å². The Morgan fingerprint density at radius 3 is 2.69 bits per heavy atom. The third-order valence-electron chi connectivity index (χ3n) is 5.66. The molecule has 1 spiro atoms. The maximum Gasteiger partial charge on any atom is 0.323 e. The number of nitrogens with one attached hydrogen (secondary N) is 1. The zero-order valence-corrected chi connectivity index (χ0v) is 18.5. The van der Waals surface area contributed by atoms with Crippen LogP contribution >= 0.6 is 23.4 Å². The van der Waals surface area contributed by atoms with Crippen molar-refractivity contribution in [1.29, 1.82) is 0 Å². The van der Waals surface area contributed by atoms with Crippen molar-refractivity contribution in [3.8, 4) is 0 Å². The zero-order valence-electron chi connectivity index (χ0n) is 16.9. The monoisotopic (exact) mass is 467 g/mol. The number of urea groups is 1. The number of nitrogens with zero attached hydrogens (tertiary/aromatic N) is 2. The minimum Gasteiger partial charge on any atom is -0.308 e. The fraction of sp³-hybridized carbons (Fsp3) is 0.167. The molecule has 1 atom stereocenters. The third-order valence-corrected chi connectivity index (χ3v) is 7.31. The van der Waals surface area contributed by atoms with E-state index in [1.165, 1.54) is 28.8 Å². The van der Waals surface area contributed by atoms with Crippen LogP contribution in [0.5, 0.6) is 0 Å². The second kappa shape index (κ2) is 8.15. The van der Waals surface area contributed by atoms with Crippen LogP contribution in [-0.2, 0) is 16.2 Å². The van der Waals surface area contributed by atoms with Crippen molar-refractivity contribution in [2.45, 2.75) is 11.4 Å². The molecule has 0 bridgehead atoms. The van der Waals surface area contributed by atoms with Crippen LogP contribution in [0.25, 0.3) is 0 Å². The Morgan fingerprint density at radius 1 is 1.09 bits per heavy atom. The summed E-state index contributed by atoms with van der Waals surface area (Å²) in [6.45, 7) is 0.697. The fourth-order valence-corrected chi connectivity index (χ4v) is 5.91. The van der Waals surface area contributed by atoms with Gasteiger partial charge in [-0.3, -0.25) is 9.69 Å². The van der Waals surface area contributed by atoms with Gasteiger partial charge in [0.2, 0.25) is 0 Å². The van der Waals surface area contributed by atoms with Gasteiger partial charge in [-0.25, -0.2) is 9.18 Å². The summed E-state index contributed by atoms with van der Waals surface area (Å²) in [5.41, 5.74) is 2.60. The SMILES string of the molecule is O=C(Nc1cccc(Cl)c1)N1CCSC12C(=O)N(Cc1ccccc1)c1ccc(F)cc12. The molecule has 3 aromatic rings. The number of anilines is 2. The van der Waals surface area contributed by atoms with E-state index in [2.05, 4.69) is 5.32 Å². The normalized spacial score (nSPS) is 19.5. The molecule has 1 unspecified atom stereocenters. The van der Waals surface area contributed by atoms with Gasteiger partial charge < -0.3 is 10.2 Å². The van der Waals surface area contributed by atoms with Gasteiger partial charge in [0, 0.05) is 28.6 Å². The molecule has 32 heavy (non-hydrogen) atoms. The van der Waals surface area contributed by atoms with Gasteiger partial charge in [-0.1, -0.05) is 48.0 Å². The lowest BCUT2D eigenvalue weighted by Gasteiger charge is -2.33. The van der Waals surface area contributed by atoms with Crippen LogP contribution < -0.4 is 10.2 Å². The molecule has 0 radical (unpaired) electrons. The van der Waals surface area contributed by atoms with Crippen molar-refractivity contribution in [2.24, 2.45) is 0 Å². The molecule has 8 heteroatoms. The molecule has 0 saturated carbocycles. The highest BCUT2D eigenvalue weighted by molar-refractivity contribution is 8.01. The summed E-state index contributed by atoms with van der Waals surface area (Å²) in [7, 11) is 0. The summed E-state index contributed by atoms with van der Waals surface area (Å²) >= 11 is 7.40. The Kier molecular flexibility index (Phi) is 5.31. The van der Waals surface area contributed by atoms with Crippen molar-refractivity contribution in [3.63, 3.8) is 0 Å². The molecule has 162 valence electrons. The zero-order chi connectivity index (χ0) is 22.3. The number of halogens is 2. The summed E-state index contributed by atoms with van der Waals surface area (Å²) < 4.78 is 14.3. The van der Waals surface area contributed by atoms with E-state index in [1.54, 1.807) is 35.2 Å². The van der Waals surface area contributed by atoms with Gasteiger partial charge in [-0.05, 0) is 42.0 Å². The molecule has 0 aromatic heterocycles. The first-order valence-electron chi connectivity index (χ1n) is 10.1. The highest BCUT2D eigenvalue weighted by Crippen LogP contribution is 2.54. The molecule has 5 nitrogen and oxygen atoms in total. The van der Waals surface area contributed by atoms with Crippen molar-refractivity contribution in [3.05, 3.63) is 94.8 Å². The topological polar surface area (TPSA) is 52.7 Å². The summed E-state index contributed by atoms with van der Waals surface area (Å²) in [5, 5.41) is 3.32. The van der Waals surface area contributed by atoms with Crippen molar-refractivity contribution < 1.29 is 14.0 Å². The van der Waals surface area contributed by atoms with Gasteiger partial charge in [0.1, 0.15) is 5.82 Å². The Hall–Kier alpha value is -3.03. The smallest absolute Gasteiger partial charge is 0.308 e. The van der Waals surface area contributed by atoms with Gasteiger partial charge in [0.05, 0.1) is 12.2 Å². The number of hydrogen-bond donors (Lipinski definition) is 1. The first-order chi connectivity index (χ1) is 15.5. The predicted octanol–water partition coefficient (Wildman–Crippen LogP) is 5.46. The van der Waals surface area contributed by atoms with Crippen molar-refractivity contribution in [2.75, 3.05) is 22.5 Å². The summed E-state index contributed by atoms with van der Waals surface area (Å²) in [5.74, 6) is -0.130. The molecule has 1 fully saturated rings. The van der Waals surface area contributed by atoms with E-state index in [0.29, 0.717) is 40.8 Å². The maximum atomic E-state index is 14.3. The Balaban J connectivity index is 1.54. The Bertz CT molecular complexity index is 1210. The Morgan fingerprint density at radius 2 is 1.91 bits per heavy atom. The minimum atomic E-state index is -1.31. The average molecular weight is 468 g/mol. The quantitative estimate of drug-likeness (QED) is 0.556. The Labute approximate surface area is 194 Å². The lowest BCUT2D eigenvalue weighted by molar-refractivity contribution is -0.123. The van der Waals surface area contributed by atoms with Crippen LogP contribution in [0.15, 0.2) is 72.8 Å². The highest BCUT2D eigenvalue weighted by atomic mass is 35.5. The molecule has 2 aliphatic rings. The molecule has 3 aromatic carbocycles. The van der Waals surface area contributed by atoms with Crippen LogP contribution in [0.1, 0.15) is 11.1 Å². The minimum absolute atomic E-state index is 0.245. The first-order valence-corrected chi connectivity index (χ1v) is 11.5. The van der Waals surface area contributed by atoms with Crippen LogP contribution in [-0.4, -0.2) is 29.1 Å². The van der Waals surface area contributed by atoms with E-state index >= 15 is 0 Å². The molecule has 0 aliphatic carbocycles. The van der Waals surface area contributed by atoms with E-state index in [0.717, 1.165) is 5.56 Å². The van der Waals surface area contributed by atoms with Crippen LogP contribution in [0.4, 0.5) is 20.6 Å². The molecule has 5 rings (SSSR count). The number of fused-ring (bicyclic) bond motifs is 2. The molecular weight excluding hydrogens is 449 g/mol.